The van der Waals surface area contributed by atoms with Gasteiger partial charge in [-0.05, 0) is 24.3 Å². The summed E-state index contributed by atoms with van der Waals surface area (Å²) in [7, 11) is 0. The Morgan fingerprint density at radius 1 is 1.21 bits per heavy atom. The van der Waals surface area contributed by atoms with E-state index in [1.165, 1.54) is 10.6 Å². The molecule has 0 unspecified atom stereocenters. The van der Waals surface area contributed by atoms with Gasteiger partial charge in [-0.15, -0.1) is 0 Å². The second kappa shape index (κ2) is 4.66. The largest absolute Gasteiger partial charge is 0.420 e. The number of hydrogen-bond acceptors (Lipinski definition) is 2. The Bertz CT molecular complexity index is 807. The molecule has 0 spiro atoms. The fourth-order valence-electron chi connectivity index (χ4n) is 1.98. The van der Waals surface area contributed by atoms with Gasteiger partial charge in [0.1, 0.15) is 5.82 Å². The molecule has 0 aliphatic carbocycles. The monoisotopic (exact) mass is 321 g/mol. The Morgan fingerprint density at radius 3 is 2.79 bits per heavy atom. The molecule has 0 atom stereocenters. The second-order valence-electron chi connectivity index (χ2n) is 4.16. The molecule has 3 nitrogen and oxygen atoms in total. The van der Waals surface area contributed by atoms with Crippen molar-refractivity contribution in [3.63, 3.8) is 0 Å². The maximum Gasteiger partial charge on any atom is 0.420 e. The molecule has 0 radical (unpaired) electrons. The zero-order valence-electron chi connectivity index (χ0n) is 9.77. The first kappa shape index (κ1) is 12.2. The molecular weight excluding hydrogens is 313 g/mol. The second-order valence-corrected chi connectivity index (χ2v) is 5.07. The lowest BCUT2D eigenvalue weighted by Crippen LogP contribution is -2.15. The van der Waals surface area contributed by atoms with E-state index in [-0.39, 0.29) is 12.4 Å². The molecule has 0 saturated heterocycles. The topological polar surface area (TPSA) is 35.1 Å². The molecular formula is C14H9BrFNO2. The lowest BCUT2D eigenvalue weighted by atomic mass is 10.2. The molecule has 0 N–H and O–H groups in total. The third-order valence-electron chi connectivity index (χ3n) is 2.92. The molecule has 1 aromatic heterocycles. The maximum absolute atomic E-state index is 13.8. The van der Waals surface area contributed by atoms with Crippen LogP contribution in [0.1, 0.15) is 5.56 Å². The van der Waals surface area contributed by atoms with Crippen LogP contribution in [0.2, 0.25) is 0 Å². The van der Waals surface area contributed by atoms with Crippen molar-refractivity contribution in [2.24, 2.45) is 0 Å². The first-order valence-corrected chi connectivity index (χ1v) is 6.47. The predicted molar refractivity (Wildman–Crippen MR) is 73.7 cm³/mol. The van der Waals surface area contributed by atoms with Crippen molar-refractivity contribution in [2.45, 2.75) is 6.54 Å². The van der Waals surface area contributed by atoms with Crippen molar-refractivity contribution in [1.82, 2.24) is 4.57 Å². The smallest absolute Gasteiger partial charge is 0.408 e. The van der Waals surface area contributed by atoms with E-state index in [1.807, 2.05) is 6.07 Å². The number of hydrogen-bond donors (Lipinski definition) is 0. The van der Waals surface area contributed by atoms with Crippen LogP contribution in [0, 0.1) is 5.82 Å². The van der Waals surface area contributed by atoms with Gasteiger partial charge in [-0.1, -0.05) is 34.1 Å². The number of nitrogens with zero attached hydrogens (tertiary/aromatic N) is 1. The number of oxazole rings is 1. The number of halogens is 2. The van der Waals surface area contributed by atoms with Crippen molar-refractivity contribution in [1.29, 1.82) is 0 Å². The zero-order valence-corrected chi connectivity index (χ0v) is 11.4. The van der Waals surface area contributed by atoms with Crippen LogP contribution in [0.3, 0.4) is 0 Å². The summed E-state index contributed by atoms with van der Waals surface area (Å²) in [6, 6.07) is 11.9. The summed E-state index contributed by atoms with van der Waals surface area (Å²) in [4.78, 5) is 11.8. The van der Waals surface area contributed by atoms with Crippen molar-refractivity contribution >= 4 is 27.0 Å². The molecule has 0 amide bonds. The summed E-state index contributed by atoms with van der Waals surface area (Å²) in [5, 5.41) is 0. The van der Waals surface area contributed by atoms with Crippen LogP contribution < -0.4 is 5.76 Å². The first-order valence-electron chi connectivity index (χ1n) is 5.67. The number of aromatic nitrogens is 1. The van der Waals surface area contributed by atoms with Gasteiger partial charge in [0.25, 0.3) is 0 Å². The van der Waals surface area contributed by atoms with Gasteiger partial charge in [-0.3, -0.25) is 4.57 Å². The molecule has 2 aromatic carbocycles. The van der Waals surface area contributed by atoms with Gasteiger partial charge in [0, 0.05) is 10.0 Å². The lowest BCUT2D eigenvalue weighted by molar-refractivity contribution is 0.512. The normalized spacial score (nSPS) is 11.1. The van der Waals surface area contributed by atoms with Crippen LogP contribution in [0.4, 0.5) is 4.39 Å². The SMILES string of the molecule is O=c1oc2ccccc2n1Cc1ccc(Br)cc1F. The summed E-state index contributed by atoms with van der Waals surface area (Å²) in [6.07, 6.45) is 0. The molecule has 96 valence electrons. The Morgan fingerprint density at radius 2 is 2.00 bits per heavy atom. The minimum atomic E-state index is -0.483. The van der Waals surface area contributed by atoms with E-state index in [1.54, 1.807) is 30.3 Å². The van der Waals surface area contributed by atoms with Crippen LogP contribution in [-0.4, -0.2) is 4.57 Å². The van der Waals surface area contributed by atoms with Crippen molar-refractivity contribution in [3.05, 3.63) is 68.9 Å². The highest BCUT2D eigenvalue weighted by atomic mass is 79.9. The van der Waals surface area contributed by atoms with Crippen molar-refractivity contribution in [3.8, 4) is 0 Å². The summed E-state index contributed by atoms with van der Waals surface area (Å²) in [5.74, 6) is -0.838. The van der Waals surface area contributed by atoms with Gasteiger partial charge in [0.2, 0.25) is 0 Å². The van der Waals surface area contributed by atoms with E-state index in [2.05, 4.69) is 15.9 Å². The molecule has 0 bridgehead atoms. The number of rotatable bonds is 2. The Balaban J connectivity index is 2.10. The average Bonchev–Trinajstić information content (AvgIpc) is 2.69. The third-order valence-corrected chi connectivity index (χ3v) is 3.41. The van der Waals surface area contributed by atoms with Gasteiger partial charge >= 0.3 is 5.76 Å². The Kier molecular flexibility index (Phi) is 2.98. The third kappa shape index (κ3) is 2.21. The Labute approximate surface area is 116 Å². The minimum Gasteiger partial charge on any atom is -0.408 e. The summed E-state index contributed by atoms with van der Waals surface area (Å²) < 4.78 is 21.0. The fraction of sp³-hybridized carbons (Fsp3) is 0.0714. The zero-order chi connectivity index (χ0) is 13.4. The molecule has 1 heterocycles. The van der Waals surface area contributed by atoms with Crippen molar-refractivity contribution in [2.75, 3.05) is 0 Å². The van der Waals surface area contributed by atoms with E-state index in [0.29, 0.717) is 21.1 Å². The molecule has 19 heavy (non-hydrogen) atoms. The average molecular weight is 322 g/mol. The quantitative estimate of drug-likeness (QED) is 0.723. The van der Waals surface area contributed by atoms with Gasteiger partial charge in [0.15, 0.2) is 5.58 Å². The number of benzene rings is 2. The standard InChI is InChI=1S/C14H9BrFNO2/c15-10-6-5-9(11(16)7-10)8-17-12-3-1-2-4-13(12)19-14(17)18/h1-7H,8H2. The first-order chi connectivity index (χ1) is 9.15. The van der Waals surface area contributed by atoms with E-state index in [4.69, 9.17) is 4.42 Å². The highest BCUT2D eigenvalue weighted by Gasteiger charge is 2.11. The van der Waals surface area contributed by atoms with Gasteiger partial charge in [0.05, 0.1) is 12.1 Å². The molecule has 3 aromatic rings. The molecule has 0 fully saturated rings. The van der Waals surface area contributed by atoms with Crippen molar-refractivity contribution < 1.29 is 8.81 Å². The molecule has 0 saturated carbocycles. The van der Waals surface area contributed by atoms with Crippen LogP contribution >= 0.6 is 15.9 Å². The minimum absolute atomic E-state index is 0.148. The van der Waals surface area contributed by atoms with E-state index >= 15 is 0 Å². The fourth-order valence-corrected chi connectivity index (χ4v) is 2.32. The van der Waals surface area contributed by atoms with Crippen LogP contribution in [0.15, 0.2) is 56.1 Å². The van der Waals surface area contributed by atoms with Gasteiger partial charge < -0.3 is 4.42 Å². The molecule has 5 heteroatoms. The summed E-state index contributed by atoms with van der Waals surface area (Å²) in [5.41, 5.74) is 1.61. The van der Waals surface area contributed by atoms with Gasteiger partial charge in [-0.2, -0.15) is 0 Å². The predicted octanol–water partition coefficient (Wildman–Crippen LogP) is 3.54. The Hall–Kier alpha value is -1.88. The van der Waals surface area contributed by atoms with Crippen LogP contribution in [0.25, 0.3) is 11.1 Å². The van der Waals surface area contributed by atoms with E-state index < -0.39 is 5.76 Å². The summed E-state index contributed by atoms with van der Waals surface area (Å²) >= 11 is 3.20. The molecule has 3 rings (SSSR count). The highest BCUT2D eigenvalue weighted by Crippen LogP contribution is 2.18. The van der Waals surface area contributed by atoms with Crippen LogP contribution in [-0.2, 0) is 6.54 Å². The van der Waals surface area contributed by atoms with E-state index in [9.17, 15) is 9.18 Å². The molecule has 0 aliphatic rings. The highest BCUT2D eigenvalue weighted by molar-refractivity contribution is 9.10. The number of fused-ring (bicyclic) bond motifs is 1. The van der Waals surface area contributed by atoms with Gasteiger partial charge in [-0.25, -0.2) is 9.18 Å². The number of para-hydroxylation sites is 2. The van der Waals surface area contributed by atoms with Crippen LogP contribution in [0.5, 0.6) is 0 Å². The maximum atomic E-state index is 13.8. The lowest BCUT2D eigenvalue weighted by Gasteiger charge is -2.04. The summed E-state index contributed by atoms with van der Waals surface area (Å²) in [6.45, 7) is 0.148. The molecule has 0 aliphatic heterocycles. The van der Waals surface area contributed by atoms with E-state index in [0.717, 1.165) is 0 Å².